The molecule has 1 aliphatic heterocycles. The topological polar surface area (TPSA) is 125 Å². The molecule has 31 heavy (non-hydrogen) atoms. The van der Waals surface area contributed by atoms with E-state index in [1.807, 2.05) is 42.5 Å². The highest BCUT2D eigenvalue weighted by Crippen LogP contribution is 2.31. The Balaban J connectivity index is 1.60. The number of nitrogens with one attached hydrogen (secondary N) is 2. The summed E-state index contributed by atoms with van der Waals surface area (Å²) in [6.45, 7) is 1.94. The van der Waals surface area contributed by atoms with E-state index in [9.17, 15) is 5.11 Å². The molecule has 3 aromatic rings. The summed E-state index contributed by atoms with van der Waals surface area (Å²) in [7, 11) is 1.79. The monoisotopic (exact) mass is 419 g/mol. The standard InChI is InChI=1S/C23H29N7O/c1-26-22-19(15-5-3-2-4-6-15)28-20(21(25)31)23(29-22)27-17-7-9-18(10-8-17)30-13-11-16(24)12-14-30/h2-10,16,21,31H,11-14,24-25H2,1H3,(H2,26,27,29). The minimum Gasteiger partial charge on any atom is -0.373 e. The number of hydrogen-bond donors (Lipinski definition) is 5. The molecule has 0 saturated carbocycles. The van der Waals surface area contributed by atoms with Crippen molar-refractivity contribution < 1.29 is 5.11 Å². The molecule has 0 radical (unpaired) electrons. The van der Waals surface area contributed by atoms with Gasteiger partial charge in [-0.25, -0.2) is 9.97 Å². The van der Waals surface area contributed by atoms with Crippen LogP contribution < -0.4 is 27.0 Å². The van der Waals surface area contributed by atoms with Gasteiger partial charge < -0.3 is 32.1 Å². The number of nitrogens with zero attached hydrogens (tertiary/aromatic N) is 3. The van der Waals surface area contributed by atoms with Crippen molar-refractivity contribution in [1.82, 2.24) is 9.97 Å². The van der Waals surface area contributed by atoms with Gasteiger partial charge in [0, 0.05) is 43.1 Å². The van der Waals surface area contributed by atoms with Gasteiger partial charge in [-0.05, 0) is 37.1 Å². The van der Waals surface area contributed by atoms with Gasteiger partial charge in [0.25, 0.3) is 0 Å². The highest BCUT2D eigenvalue weighted by Gasteiger charge is 2.19. The molecule has 4 rings (SSSR count). The van der Waals surface area contributed by atoms with Crippen LogP contribution in [0.15, 0.2) is 54.6 Å². The van der Waals surface area contributed by atoms with Crippen molar-refractivity contribution >= 4 is 23.0 Å². The Bertz CT molecular complexity index is 1000. The van der Waals surface area contributed by atoms with Crippen LogP contribution in [0.25, 0.3) is 11.3 Å². The Morgan fingerprint density at radius 3 is 2.29 bits per heavy atom. The lowest BCUT2D eigenvalue weighted by Crippen LogP contribution is -2.39. The van der Waals surface area contributed by atoms with Crippen LogP contribution in [0.5, 0.6) is 0 Å². The average molecular weight is 420 g/mol. The number of aromatic nitrogens is 2. The van der Waals surface area contributed by atoms with Gasteiger partial charge in [0.2, 0.25) is 0 Å². The van der Waals surface area contributed by atoms with Gasteiger partial charge in [-0.3, -0.25) is 0 Å². The van der Waals surface area contributed by atoms with Crippen LogP contribution in [0.3, 0.4) is 0 Å². The molecule has 1 unspecified atom stereocenters. The van der Waals surface area contributed by atoms with E-state index in [1.165, 1.54) is 0 Å². The van der Waals surface area contributed by atoms with Crippen LogP contribution >= 0.6 is 0 Å². The van der Waals surface area contributed by atoms with Crippen LogP contribution in [-0.4, -0.2) is 41.3 Å². The van der Waals surface area contributed by atoms with Crippen LogP contribution in [0.2, 0.25) is 0 Å². The molecule has 1 aliphatic rings. The fourth-order valence-electron chi connectivity index (χ4n) is 3.77. The minimum atomic E-state index is -1.26. The van der Waals surface area contributed by atoms with Crippen LogP contribution in [0.1, 0.15) is 24.8 Å². The maximum atomic E-state index is 10.2. The molecule has 0 amide bonds. The highest BCUT2D eigenvalue weighted by atomic mass is 16.3. The summed E-state index contributed by atoms with van der Waals surface area (Å²) >= 11 is 0. The Labute approximate surface area is 182 Å². The first-order chi connectivity index (χ1) is 15.0. The summed E-state index contributed by atoms with van der Waals surface area (Å²) in [6, 6.07) is 18.1. The molecule has 7 N–H and O–H groups in total. The molecule has 1 atom stereocenters. The Morgan fingerprint density at radius 2 is 1.68 bits per heavy atom. The van der Waals surface area contributed by atoms with Crippen molar-refractivity contribution in [2.45, 2.75) is 25.1 Å². The molecule has 8 nitrogen and oxygen atoms in total. The lowest BCUT2D eigenvalue weighted by atomic mass is 10.1. The van der Waals surface area contributed by atoms with E-state index in [0.29, 0.717) is 23.4 Å². The van der Waals surface area contributed by atoms with Crippen molar-refractivity contribution in [2.75, 3.05) is 35.7 Å². The van der Waals surface area contributed by atoms with E-state index in [-0.39, 0.29) is 5.69 Å². The summed E-state index contributed by atoms with van der Waals surface area (Å²) in [5.74, 6) is 1.01. The molecule has 8 heteroatoms. The number of aliphatic hydroxyl groups is 1. The molecule has 2 heterocycles. The first kappa shape index (κ1) is 21.0. The zero-order chi connectivity index (χ0) is 21.8. The van der Waals surface area contributed by atoms with Crippen molar-refractivity contribution in [3.05, 3.63) is 60.3 Å². The zero-order valence-corrected chi connectivity index (χ0v) is 17.6. The van der Waals surface area contributed by atoms with Crippen LogP contribution in [0.4, 0.5) is 23.0 Å². The lowest BCUT2D eigenvalue weighted by Gasteiger charge is -2.32. The Kier molecular flexibility index (Phi) is 6.31. The van der Waals surface area contributed by atoms with Gasteiger partial charge in [0.05, 0.1) is 0 Å². The van der Waals surface area contributed by atoms with E-state index in [4.69, 9.17) is 11.5 Å². The predicted octanol–water partition coefficient (Wildman–Crippen LogP) is 2.81. The maximum absolute atomic E-state index is 10.2. The van der Waals surface area contributed by atoms with Crippen molar-refractivity contribution in [1.29, 1.82) is 0 Å². The molecule has 1 aromatic heterocycles. The summed E-state index contributed by atoms with van der Waals surface area (Å²) in [5, 5.41) is 16.5. The summed E-state index contributed by atoms with van der Waals surface area (Å²) < 4.78 is 0. The van der Waals surface area contributed by atoms with Crippen LogP contribution in [0, 0.1) is 0 Å². The van der Waals surface area contributed by atoms with E-state index in [0.717, 1.165) is 42.9 Å². The molecule has 0 spiro atoms. The van der Waals surface area contributed by atoms with Crippen molar-refractivity contribution in [2.24, 2.45) is 11.5 Å². The number of anilines is 4. The molecular formula is C23H29N7O. The van der Waals surface area contributed by atoms with E-state index < -0.39 is 6.23 Å². The molecule has 162 valence electrons. The number of hydrogen-bond acceptors (Lipinski definition) is 8. The second-order valence-corrected chi connectivity index (χ2v) is 7.71. The first-order valence-electron chi connectivity index (χ1n) is 10.5. The molecule has 1 fully saturated rings. The maximum Gasteiger partial charge on any atom is 0.158 e. The third-order valence-corrected chi connectivity index (χ3v) is 5.52. The SMILES string of the molecule is CNc1nc(Nc2ccc(N3CCC(N)CC3)cc2)c(C(N)O)nc1-c1ccccc1. The molecule has 0 aliphatic carbocycles. The molecule has 0 bridgehead atoms. The smallest absolute Gasteiger partial charge is 0.158 e. The van der Waals surface area contributed by atoms with Gasteiger partial charge >= 0.3 is 0 Å². The van der Waals surface area contributed by atoms with Gasteiger partial charge in [0.1, 0.15) is 17.6 Å². The normalized spacial score (nSPS) is 15.5. The third-order valence-electron chi connectivity index (χ3n) is 5.52. The summed E-state index contributed by atoms with van der Waals surface area (Å²) in [4.78, 5) is 11.6. The third kappa shape index (κ3) is 4.77. The molecule has 2 aromatic carbocycles. The van der Waals surface area contributed by atoms with Crippen LogP contribution in [-0.2, 0) is 0 Å². The lowest BCUT2D eigenvalue weighted by molar-refractivity contribution is 0.182. The van der Waals surface area contributed by atoms with Gasteiger partial charge in [-0.1, -0.05) is 30.3 Å². The Hall–Kier alpha value is -3.20. The number of rotatable bonds is 6. The fourth-order valence-corrected chi connectivity index (χ4v) is 3.77. The number of benzene rings is 2. The number of nitrogens with two attached hydrogens (primary N) is 2. The quantitative estimate of drug-likeness (QED) is 0.386. The molecule has 1 saturated heterocycles. The predicted molar refractivity (Wildman–Crippen MR) is 125 cm³/mol. The number of aliphatic hydroxyl groups excluding tert-OH is 1. The van der Waals surface area contributed by atoms with E-state index in [2.05, 4.69) is 37.6 Å². The number of piperidine rings is 1. The van der Waals surface area contributed by atoms with Gasteiger partial charge in [0.15, 0.2) is 11.6 Å². The van der Waals surface area contributed by atoms with Gasteiger partial charge in [-0.15, -0.1) is 0 Å². The van der Waals surface area contributed by atoms with Crippen molar-refractivity contribution in [3.63, 3.8) is 0 Å². The summed E-state index contributed by atoms with van der Waals surface area (Å²) in [6.07, 6.45) is 0.752. The van der Waals surface area contributed by atoms with Crippen molar-refractivity contribution in [3.8, 4) is 11.3 Å². The zero-order valence-electron chi connectivity index (χ0n) is 17.6. The second kappa shape index (κ2) is 9.30. The van der Waals surface area contributed by atoms with E-state index in [1.54, 1.807) is 7.05 Å². The van der Waals surface area contributed by atoms with E-state index >= 15 is 0 Å². The minimum absolute atomic E-state index is 0.284. The molecular weight excluding hydrogens is 390 g/mol. The fraction of sp³-hybridized carbons (Fsp3) is 0.304. The largest absolute Gasteiger partial charge is 0.373 e. The van der Waals surface area contributed by atoms with Gasteiger partial charge in [-0.2, -0.15) is 0 Å². The first-order valence-corrected chi connectivity index (χ1v) is 10.5. The second-order valence-electron chi connectivity index (χ2n) is 7.71. The summed E-state index contributed by atoms with van der Waals surface area (Å²) in [5.41, 5.74) is 15.6. The Morgan fingerprint density at radius 1 is 1.00 bits per heavy atom. The average Bonchev–Trinajstić information content (AvgIpc) is 2.80. The highest BCUT2D eigenvalue weighted by molar-refractivity contribution is 5.74.